The Morgan fingerprint density at radius 3 is 2.47 bits per heavy atom. The van der Waals surface area contributed by atoms with Crippen LogP contribution < -0.4 is 14.9 Å². The van der Waals surface area contributed by atoms with Gasteiger partial charge in [0, 0.05) is 5.56 Å². The number of carbonyl (C=O) groups is 1. The summed E-state index contributed by atoms with van der Waals surface area (Å²) in [4.78, 5) is 12.3. The monoisotopic (exact) mass is 404 g/mol. The molecule has 2 N–H and O–H groups in total. The average Bonchev–Trinajstić information content (AvgIpc) is 2.76. The summed E-state index contributed by atoms with van der Waals surface area (Å²) in [5, 5.41) is 13.7. The van der Waals surface area contributed by atoms with Gasteiger partial charge < -0.3 is 14.6 Å². The topological polar surface area (TPSA) is 80.2 Å². The van der Waals surface area contributed by atoms with Crippen LogP contribution in [0.3, 0.4) is 0 Å². The van der Waals surface area contributed by atoms with Crippen LogP contribution in [-0.2, 0) is 6.61 Å². The maximum absolute atomic E-state index is 12.3. The summed E-state index contributed by atoms with van der Waals surface area (Å²) in [6.45, 7) is 4.78. The largest absolute Gasteiger partial charge is 0.504 e. The molecule has 0 spiro atoms. The molecule has 0 saturated heterocycles. The predicted molar refractivity (Wildman–Crippen MR) is 116 cm³/mol. The van der Waals surface area contributed by atoms with Crippen molar-refractivity contribution in [3.05, 3.63) is 89.0 Å². The van der Waals surface area contributed by atoms with E-state index in [1.54, 1.807) is 36.4 Å². The quantitative estimate of drug-likeness (QED) is 0.430. The fourth-order valence-electron chi connectivity index (χ4n) is 2.67. The van der Waals surface area contributed by atoms with E-state index in [-0.39, 0.29) is 11.7 Å². The van der Waals surface area contributed by atoms with Crippen molar-refractivity contribution < 1.29 is 19.4 Å². The summed E-state index contributed by atoms with van der Waals surface area (Å²) >= 11 is 0. The van der Waals surface area contributed by atoms with Gasteiger partial charge >= 0.3 is 0 Å². The summed E-state index contributed by atoms with van der Waals surface area (Å²) in [5.41, 5.74) is 5.93. The third-order valence-electron chi connectivity index (χ3n) is 4.31. The Morgan fingerprint density at radius 1 is 1.03 bits per heavy atom. The Hall–Kier alpha value is -3.80. The third kappa shape index (κ3) is 5.85. The lowest BCUT2D eigenvalue weighted by Gasteiger charge is -2.07. The summed E-state index contributed by atoms with van der Waals surface area (Å²) in [6, 6.07) is 19.9. The van der Waals surface area contributed by atoms with E-state index in [4.69, 9.17) is 9.47 Å². The standard InChI is InChI=1S/C24H24N2O4/c1-3-29-23-14-19(8-13-22(23)27)15-25-26-24(28)20-9-11-21(12-10-20)30-16-18-6-4-17(2)5-7-18/h4-15,27H,3,16H2,1-2H3,(H,26,28)/b25-15+. The van der Waals surface area contributed by atoms with E-state index in [0.717, 1.165) is 5.56 Å². The molecule has 3 aromatic rings. The van der Waals surface area contributed by atoms with E-state index in [0.29, 0.717) is 35.8 Å². The molecule has 30 heavy (non-hydrogen) atoms. The maximum Gasteiger partial charge on any atom is 0.271 e. The Labute approximate surface area is 175 Å². The highest BCUT2D eigenvalue weighted by Crippen LogP contribution is 2.26. The summed E-state index contributed by atoms with van der Waals surface area (Å²) < 4.78 is 11.1. The van der Waals surface area contributed by atoms with Gasteiger partial charge in [-0.15, -0.1) is 0 Å². The van der Waals surface area contributed by atoms with Crippen LogP contribution in [0.1, 0.15) is 34.0 Å². The minimum Gasteiger partial charge on any atom is -0.504 e. The second kappa shape index (κ2) is 10.1. The highest BCUT2D eigenvalue weighted by Gasteiger charge is 2.05. The van der Waals surface area contributed by atoms with Crippen LogP contribution in [0.25, 0.3) is 0 Å². The van der Waals surface area contributed by atoms with Gasteiger partial charge in [0.15, 0.2) is 11.5 Å². The first-order valence-corrected chi connectivity index (χ1v) is 9.63. The van der Waals surface area contributed by atoms with Gasteiger partial charge in [0.2, 0.25) is 0 Å². The lowest BCUT2D eigenvalue weighted by molar-refractivity contribution is 0.0955. The van der Waals surface area contributed by atoms with E-state index in [1.165, 1.54) is 17.8 Å². The van der Waals surface area contributed by atoms with Crippen molar-refractivity contribution >= 4 is 12.1 Å². The zero-order chi connectivity index (χ0) is 21.3. The number of phenols is 1. The molecule has 3 aromatic carbocycles. The normalized spacial score (nSPS) is 10.7. The van der Waals surface area contributed by atoms with Gasteiger partial charge in [-0.3, -0.25) is 4.79 Å². The van der Waals surface area contributed by atoms with Gasteiger partial charge in [-0.1, -0.05) is 29.8 Å². The summed E-state index contributed by atoms with van der Waals surface area (Å²) in [6.07, 6.45) is 1.49. The van der Waals surface area contributed by atoms with Gasteiger partial charge in [0.25, 0.3) is 5.91 Å². The van der Waals surface area contributed by atoms with Crippen molar-refractivity contribution in [3.63, 3.8) is 0 Å². The molecule has 6 heteroatoms. The van der Waals surface area contributed by atoms with Crippen LogP contribution in [0.4, 0.5) is 0 Å². The molecule has 0 radical (unpaired) electrons. The highest BCUT2D eigenvalue weighted by atomic mass is 16.5. The highest BCUT2D eigenvalue weighted by molar-refractivity contribution is 5.95. The number of nitrogens with zero attached hydrogens (tertiary/aromatic N) is 1. The van der Waals surface area contributed by atoms with E-state index in [9.17, 15) is 9.90 Å². The molecule has 3 rings (SSSR count). The number of hydrogen-bond acceptors (Lipinski definition) is 5. The van der Waals surface area contributed by atoms with Crippen molar-refractivity contribution in [1.82, 2.24) is 5.43 Å². The fraction of sp³-hybridized carbons (Fsp3) is 0.167. The predicted octanol–water partition coefficient (Wildman–Crippen LogP) is 4.44. The molecule has 0 heterocycles. The van der Waals surface area contributed by atoms with Crippen LogP contribution in [0.2, 0.25) is 0 Å². The molecule has 0 aliphatic carbocycles. The molecule has 0 fully saturated rings. The zero-order valence-electron chi connectivity index (χ0n) is 17.0. The second-order valence-corrected chi connectivity index (χ2v) is 6.66. The molecular weight excluding hydrogens is 380 g/mol. The Bertz CT molecular complexity index is 1010. The van der Waals surface area contributed by atoms with Crippen LogP contribution in [0.15, 0.2) is 71.8 Å². The second-order valence-electron chi connectivity index (χ2n) is 6.66. The van der Waals surface area contributed by atoms with Crippen molar-refractivity contribution in [1.29, 1.82) is 0 Å². The van der Waals surface area contributed by atoms with Crippen molar-refractivity contribution in [2.75, 3.05) is 6.61 Å². The van der Waals surface area contributed by atoms with Crippen LogP contribution in [-0.4, -0.2) is 23.8 Å². The SMILES string of the molecule is CCOc1cc(/C=N/NC(=O)c2ccc(OCc3ccc(C)cc3)cc2)ccc1O. The minimum atomic E-state index is -0.333. The van der Waals surface area contributed by atoms with E-state index in [2.05, 4.69) is 10.5 Å². The number of nitrogens with one attached hydrogen (secondary N) is 1. The Kier molecular flexibility index (Phi) is 7.05. The minimum absolute atomic E-state index is 0.0581. The molecule has 0 bridgehead atoms. The van der Waals surface area contributed by atoms with Crippen LogP contribution in [0, 0.1) is 6.92 Å². The number of benzene rings is 3. The smallest absolute Gasteiger partial charge is 0.271 e. The summed E-state index contributed by atoms with van der Waals surface area (Å²) in [7, 11) is 0. The van der Waals surface area contributed by atoms with Crippen LogP contribution in [0.5, 0.6) is 17.2 Å². The molecule has 0 aliphatic rings. The number of aryl methyl sites for hydroxylation is 1. The number of phenolic OH excluding ortho intramolecular Hbond substituents is 1. The number of amides is 1. The summed E-state index contributed by atoms with van der Waals surface area (Å²) in [5.74, 6) is 0.778. The number of rotatable bonds is 8. The first kappa shape index (κ1) is 20.9. The molecule has 0 aromatic heterocycles. The third-order valence-corrected chi connectivity index (χ3v) is 4.31. The van der Waals surface area contributed by atoms with Gasteiger partial charge in [0.05, 0.1) is 12.8 Å². The van der Waals surface area contributed by atoms with Crippen molar-refractivity contribution in [2.24, 2.45) is 5.10 Å². The molecule has 0 unspecified atom stereocenters. The molecule has 0 atom stereocenters. The van der Waals surface area contributed by atoms with E-state index >= 15 is 0 Å². The van der Waals surface area contributed by atoms with Crippen molar-refractivity contribution in [3.8, 4) is 17.2 Å². The maximum atomic E-state index is 12.3. The first-order chi connectivity index (χ1) is 14.5. The number of aromatic hydroxyl groups is 1. The number of carbonyl (C=O) groups excluding carboxylic acids is 1. The van der Waals surface area contributed by atoms with Crippen molar-refractivity contribution in [2.45, 2.75) is 20.5 Å². The zero-order valence-corrected chi connectivity index (χ0v) is 17.0. The lowest BCUT2D eigenvalue weighted by atomic mass is 10.2. The van der Waals surface area contributed by atoms with Crippen LogP contribution >= 0.6 is 0 Å². The average molecular weight is 404 g/mol. The fourth-order valence-corrected chi connectivity index (χ4v) is 2.67. The molecule has 0 aliphatic heterocycles. The molecular formula is C24H24N2O4. The van der Waals surface area contributed by atoms with Gasteiger partial charge in [-0.2, -0.15) is 5.10 Å². The van der Waals surface area contributed by atoms with Gasteiger partial charge in [-0.25, -0.2) is 5.43 Å². The molecule has 1 amide bonds. The number of ether oxygens (including phenoxy) is 2. The Balaban J connectivity index is 1.53. The van der Waals surface area contributed by atoms with E-state index in [1.807, 2.05) is 38.1 Å². The number of hydrazone groups is 1. The molecule has 154 valence electrons. The lowest BCUT2D eigenvalue weighted by Crippen LogP contribution is -2.17. The number of hydrogen-bond donors (Lipinski definition) is 2. The first-order valence-electron chi connectivity index (χ1n) is 9.63. The van der Waals surface area contributed by atoms with E-state index < -0.39 is 0 Å². The Morgan fingerprint density at radius 2 is 1.77 bits per heavy atom. The van der Waals surface area contributed by atoms with Gasteiger partial charge in [0.1, 0.15) is 12.4 Å². The van der Waals surface area contributed by atoms with Gasteiger partial charge in [-0.05, 0) is 67.4 Å². The molecule has 6 nitrogen and oxygen atoms in total. The molecule has 0 saturated carbocycles.